The summed E-state index contributed by atoms with van der Waals surface area (Å²) in [6.45, 7) is 15.3. The second-order valence-corrected chi connectivity index (χ2v) is 8.14. The van der Waals surface area contributed by atoms with E-state index in [1.807, 2.05) is 0 Å². The van der Waals surface area contributed by atoms with Crippen LogP contribution in [-0.2, 0) is 14.2 Å². The average Bonchev–Trinajstić information content (AvgIpc) is 3.21. The molecule has 0 aromatic rings. The van der Waals surface area contributed by atoms with Crippen LogP contribution >= 0.6 is 24.0 Å². The van der Waals surface area contributed by atoms with Gasteiger partial charge in [-0.1, -0.05) is 13.8 Å². The van der Waals surface area contributed by atoms with E-state index in [0.717, 1.165) is 84.6 Å². The molecule has 0 bridgehead atoms. The number of hydrogen-bond donors (Lipinski definition) is 2. The van der Waals surface area contributed by atoms with Gasteiger partial charge in [0.2, 0.25) is 0 Å². The monoisotopic (exact) mass is 526 g/mol. The lowest BCUT2D eigenvalue weighted by atomic mass is 10.0. The Bertz CT molecular complexity index is 428. The van der Waals surface area contributed by atoms with Gasteiger partial charge >= 0.3 is 0 Å². The van der Waals surface area contributed by atoms with Crippen molar-refractivity contribution in [3.8, 4) is 0 Å². The molecule has 2 aliphatic heterocycles. The smallest absolute Gasteiger partial charge is 0.191 e. The van der Waals surface area contributed by atoms with Crippen molar-refractivity contribution in [3.63, 3.8) is 0 Å². The third-order valence-electron chi connectivity index (χ3n) is 5.20. The van der Waals surface area contributed by atoms with Crippen molar-refractivity contribution < 1.29 is 14.2 Å². The lowest BCUT2D eigenvalue weighted by Gasteiger charge is -2.34. The van der Waals surface area contributed by atoms with E-state index in [2.05, 4.69) is 36.3 Å². The van der Waals surface area contributed by atoms with Gasteiger partial charge in [-0.3, -0.25) is 9.89 Å². The predicted molar refractivity (Wildman–Crippen MR) is 129 cm³/mol. The van der Waals surface area contributed by atoms with Gasteiger partial charge in [-0.15, -0.1) is 24.0 Å². The lowest BCUT2D eigenvalue weighted by molar-refractivity contribution is 0.0142. The minimum atomic E-state index is 0. The first kappa shape index (κ1) is 26.9. The molecule has 2 heterocycles. The Labute approximate surface area is 194 Å². The number of aliphatic imine (C=N–C) groups is 1. The largest absolute Gasteiger partial charge is 0.379 e. The second kappa shape index (κ2) is 16.5. The first-order valence-corrected chi connectivity index (χ1v) is 11.2. The Kier molecular flexibility index (Phi) is 15.3. The highest BCUT2D eigenvalue weighted by Gasteiger charge is 2.21. The Morgan fingerprint density at radius 3 is 2.66 bits per heavy atom. The molecule has 7 nitrogen and oxygen atoms in total. The van der Waals surface area contributed by atoms with E-state index >= 15 is 0 Å². The molecule has 0 radical (unpaired) electrons. The maximum Gasteiger partial charge on any atom is 0.191 e. The van der Waals surface area contributed by atoms with Crippen LogP contribution in [0.25, 0.3) is 0 Å². The molecule has 0 saturated carbocycles. The molecule has 2 unspecified atom stereocenters. The Hall–Kier alpha value is -0.160. The molecule has 2 aliphatic rings. The fourth-order valence-corrected chi connectivity index (χ4v) is 3.74. The van der Waals surface area contributed by atoms with Gasteiger partial charge < -0.3 is 24.8 Å². The number of ether oxygens (including phenoxy) is 3. The Morgan fingerprint density at radius 1 is 1.21 bits per heavy atom. The highest BCUT2D eigenvalue weighted by atomic mass is 127. The molecule has 172 valence electrons. The van der Waals surface area contributed by atoms with E-state index in [9.17, 15) is 0 Å². The number of hydrogen-bond acceptors (Lipinski definition) is 5. The summed E-state index contributed by atoms with van der Waals surface area (Å²) < 4.78 is 16.8. The summed E-state index contributed by atoms with van der Waals surface area (Å²) in [6, 6.07) is 0.481. The van der Waals surface area contributed by atoms with Crippen molar-refractivity contribution in [2.24, 2.45) is 10.9 Å². The molecule has 2 N–H and O–H groups in total. The van der Waals surface area contributed by atoms with E-state index in [1.54, 1.807) is 0 Å². The molecule has 8 heteroatoms. The summed E-state index contributed by atoms with van der Waals surface area (Å²) in [5.74, 6) is 1.57. The van der Waals surface area contributed by atoms with Crippen LogP contribution in [0.4, 0.5) is 0 Å². The summed E-state index contributed by atoms with van der Waals surface area (Å²) in [6.07, 6.45) is 4.75. The summed E-state index contributed by atoms with van der Waals surface area (Å²) in [4.78, 5) is 7.41. The molecule has 0 aliphatic carbocycles. The van der Waals surface area contributed by atoms with Crippen LogP contribution in [0, 0.1) is 5.92 Å². The third kappa shape index (κ3) is 11.7. The SMILES string of the molecule is CCNC(=NCC(CC(C)C)N1CCOCC1)NCCCOCC1CCCO1.I. The molecule has 2 saturated heterocycles. The van der Waals surface area contributed by atoms with Crippen molar-refractivity contribution >= 4 is 29.9 Å². The van der Waals surface area contributed by atoms with E-state index in [-0.39, 0.29) is 24.0 Å². The van der Waals surface area contributed by atoms with Gasteiger partial charge in [-0.05, 0) is 38.5 Å². The highest BCUT2D eigenvalue weighted by Crippen LogP contribution is 2.14. The molecule has 29 heavy (non-hydrogen) atoms. The average molecular weight is 527 g/mol. The first-order valence-electron chi connectivity index (χ1n) is 11.2. The number of rotatable bonds is 12. The summed E-state index contributed by atoms with van der Waals surface area (Å²) in [5, 5.41) is 6.81. The van der Waals surface area contributed by atoms with Gasteiger partial charge in [0.25, 0.3) is 0 Å². The Balaban J connectivity index is 0.00000420. The molecule has 2 fully saturated rings. The molecule has 0 aromatic heterocycles. The van der Waals surface area contributed by atoms with Crippen molar-refractivity contribution in [1.82, 2.24) is 15.5 Å². The number of nitrogens with one attached hydrogen (secondary N) is 2. The molecule has 2 rings (SSSR count). The molecule has 0 spiro atoms. The van der Waals surface area contributed by atoms with Crippen LogP contribution in [0.1, 0.15) is 46.5 Å². The maximum atomic E-state index is 5.74. The number of guanidine groups is 1. The second-order valence-electron chi connectivity index (χ2n) is 8.14. The maximum absolute atomic E-state index is 5.74. The van der Waals surface area contributed by atoms with Crippen LogP contribution < -0.4 is 10.6 Å². The Morgan fingerprint density at radius 2 is 2.00 bits per heavy atom. The van der Waals surface area contributed by atoms with E-state index in [4.69, 9.17) is 19.2 Å². The quantitative estimate of drug-likeness (QED) is 0.176. The van der Waals surface area contributed by atoms with Crippen LogP contribution in [0.3, 0.4) is 0 Å². The summed E-state index contributed by atoms with van der Waals surface area (Å²) >= 11 is 0. The molecule has 2 atom stereocenters. The molecular formula is C21H43IN4O3. The van der Waals surface area contributed by atoms with E-state index in [1.165, 1.54) is 12.8 Å². The standard InChI is InChI=1S/C21H42N4O3.HI/c1-4-22-21(23-8-6-11-27-17-20-7-5-12-28-20)24-16-19(15-18(2)3)25-9-13-26-14-10-25;/h18-20H,4-17H2,1-3H3,(H2,22,23,24);1H. The normalized spacial score (nSPS) is 21.8. The van der Waals surface area contributed by atoms with Gasteiger partial charge in [0, 0.05) is 45.4 Å². The number of halogens is 1. The van der Waals surface area contributed by atoms with Crippen molar-refractivity contribution in [2.45, 2.75) is 58.6 Å². The van der Waals surface area contributed by atoms with Gasteiger partial charge in [0.15, 0.2) is 5.96 Å². The molecule has 0 aromatic carbocycles. The first-order chi connectivity index (χ1) is 13.7. The number of nitrogens with zero attached hydrogens (tertiary/aromatic N) is 2. The molecular weight excluding hydrogens is 483 g/mol. The van der Waals surface area contributed by atoms with E-state index < -0.39 is 0 Å². The van der Waals surface area contributed by atoms with Gasteiger partial charge in [-0.2, -0.15) is 0 Å². The fourth-order valence-electron chi connectivity index (χ4n) is 3.74. The zero-order valence-electron chi connectivity index (χ0n) is 18.7. The van der Waals surface area contributed by atoms with Gasteiger partial charge in [0.05, 0.1) is 32.5 Å². The zero-order valence-corrected chi connectivity index (χ0v) is 21.0. The zero-order chi connectivity index (χ0) is 20.0. The third-order valence-corrected chi connectivity index (χ3v) is 5.20. The van der Waals surface area contributed by atoms with Crippen LogP contribution in [-0.4, -0.2) is 88.8 Å². The molecule has 0 amide bonds. The van der Waals surface area contributed by atoms with Gasteiger partial charge in [-0.25, -0.2) is 0 Å². The summed E-state index contributed by atoms with van der Waals surface area (Å²) in [7, 11) is 0. The minimum Gasteiger partial charge on any atom is -0.379 e. The highest BCUT2D eigenvalue weighted by molar-refractivity contribution is 14.0. The topological polar surface area (TPSA) is 67.4 Å². The lowest BCUT2D eigenvalue weighted by Crippen LogP contribution is -2.46. The number of morpholine rings is 1. The van der Waals surface area contributed by atoms with Gasteiger partial charge in [0.1, 0.15) is 0 Å². The van der Waals surface area contributed by atoms with E-state index in [0.29, 0.717) is 18.1 Å². The van der Waals surface area contributed by atoms with Crippen LogP contribution in [0.5, 0.6) is 0 Å². The van der Waals surface area contributed by atoms with Crippen molar-refractivity contribution in [2.75, 3.05) is 65.8 Å². The van der Waals surface area contributed by atoms with Crippen molar-refractivity contribution in [3.05, 3.63) is 0 Å². The fraction of sp³-hybridized carbons (Fsp3) is 0.952. The predicted octanol–water partition coefficient (Wildman–Crippen LogP) is 2.49. The minimum absolute atomic E-state index is 0. The van der Waals surface area contributed by atoms with Crippen LogP contribution in [0.15, 0.2) is 4.99 Å². The van der Waals surface area contributed by atoms with Crippen LogP contribution in [0.2, 0.25) is 0 Å². The summed E-state index contributed by atoms with van der Waals surface area (Å²) in [5.41, 5.74) is 0. The van der Waals surface area contributed by atoms with Crippen molar-refractivity contribution in [1.29, 1.82) is 0 Å².